The number of nitrogens with zero attached hydrogens (tertiary/aromatic N) is 1. The summed E-state index contributed by atoms with van der Waals surface area (Å²) in [6, 6.07) is 1.69. The van der Waals surface area contributed by atoms with Crippen molar-refractivity contribution in [1.82, 2.24) is 0 Å². The van der Waals surface area contributed by atoms with Gasteiger partial charge in [0.1, 0.15) is 0 Å². The summed E-state index contributed by atoms with van der Waals surface area (Å²) >= 11 is 0. The number of ether oxygens (including phenoxy) is 1. The molecule has 0 rings (SSSR count). The summed E-state index contributed by atoms with van der Waals surface area (Å²) in [5.41, 5.74) is 4.53. The zero-order chi connectivity index (χ0) is 22.0. The Bertz CT molecular complexity index is 481. The van der Waals surface area contributed by atoms with Gasteiger partial charge in [-0.05, 0) is 13.0 Å². The molecule has 0 aromatic carbocycles. The Morgan fingerprint density at radius 3 is 1.26 bits per heavy atom. The van der Waals surface area contributed by atoms with Crippen LogP contribution in [0.5, 0.6) is 0 Å². The van der Waals surface area contributed by atoms with Gasteiger partial charge in [0.15, 0.2) is 0 Å². The average Bonchev–Trinajstić information content (AvgIpc) is 2.63. The Labute approximate surface area is 181 Å². The molecule has 0 aliphatic rings. The zero-order valence-electron chi connectivity index (χ0n) is 15.6. The molecule has 1 radical (unpaired) electrons. The van der Waals surface area contributed by atoms with Crippen LogP contribution in [0, 0.1) is 11.3 Å². The number of hydrogen-bond acceptors (Lipinski definition) is 6. The Morgan fingerprint density at radius 2 is 1.22 bits per heavy atom. The van der Waals surface area contributed by atoms with E-state index in [-0.39, 0.29) is 35.5 Å². The van der Waals surface area contributed by atoms with Gasteiger partial charge in [-0.1, -0.05) is 32.9 Å². The van der Waals surface area contributed by atoms with Crippen LogP contribution in [0.25, 0.3) is 0 Å². The van der Waals surface area contributed by atoms with Crippen molar-refractivity contribution in [3.63, 3.8) is 0 Å². The number of aliphatic carboxylic acids is 2. The first-order valence-corrected chi connectivity index (χ1v) is 6.46. The second kappa shape index (κ2) is 38.6. The molecule has 0 atom stereocenters. The smallest absolute Gasteiger partial charge is 0.330 e. The first-order chi connectivity index (χ1) is 12.0. The third kappa shape index (κ3) is 124. The van der Waals surface area contributed by atoms with Gasteiger partial charge in [0.05, 0.1) is 12.7 Å². The normalized spacial score (nSPS) is 6.07. The van der Waals surface area contributed by atoms with Crippen molar-refractivity contribution >= 4 is 53.4 Å². The summed E-state index contributed by atoms with van der Waals surface area (Å²) in [4.78, 5) is 38.0. The SMILES string of the molecule is C=CC#N.C=CC(=O)O.C=CC(=O)O.C=CC(=O)OCC.C=CC(N)=O.[Na]. The fourth-order valence-electron chi connectivity index (χ4n) is 0.201. The van der Waals surface area contributed by atoms with E-state index in [0.29, 0.717) is 6.61 Å². The molecular weight excluding hydrogens is 367 g/mol. The minimum atomic E-state index is -0.981. The van der Waals surface area contributed by atoms with Gasteiger partial charge in [0, 0.05) is 53.9 Å². The number of carboxylic acids is 2. The van der Waals surface area contributed by atoms with Gasteiger partial charge >= 0.3 is 17.9 Å². The summed E-state index contributed by atoms with van der Waals surface area (Å²) in [5, 5.41) is 22.7. The van der Waals surface area contributed by atoms with Gasteiger partial charge in [-0.25, -0.2) is 14.4 Å². The van der Waals surface area contributed by atoms with Crippen LogP contribution in [0.2, 0.25) is 0 Å². The fraction of sp³-hybridized carbons (Fsp3) is 0.118. The summed E-state index contributed by atoms with van der Waals surface area (Å²) < 4.78 is 4.43. The molecule has 0 saturated carbocycles. The molecule has 0 aliphatic carbocycles. The molecule has 0 unspecified atom stereocenters. The number of carboxylic acid groups (broad SMARTS) is 2. The fourth-order valence-corrected chi connectivity index (χ4v) is 0.201. The van der Waals surface area contributed by atoms with Crippen LogP contribution in [-0.2, 0) is 23.9 Å². The van der Waals surface area contributed by atoms with Gasteiger partial charge < -0.3 is 20.7 Å². The van der Waals surface area contributed by atoms with Crippen molar-refractivity contribution in [3.05, 3.63) is 63.3 Å². The number of carbonyl (C=O) groups is 4. The molecule has 10 heteroatoms. The van der Waals surface area contributed by atoms with E-state index >= 15 is 0 Å². The predicted molar refractivity (Wildman–Crippen MR) is 103 cm³/mol. The van der Waals surface area contributed by atoms with Crippen LogP contribution in [0.3, 0.4) is 0 Å². The molecule has 0 aromatic rings. The van der Waals surface area contributed by atoms with Crippen molar-refractivity contribution < 1.29 is 34.1 Å². The van der Waals surface area contributed by atoms with E-state index in [1.807, 2.05) is 0 Å². The van der Waals surface area contributed by atoms with E-state index < -0.39 is 17.8 Å². The zero-order valence-corrected chi connectivity index (χ0v) is 17.6. The molecule has 0 fully saturated rings. The minimum absolute atomic E-state index is 0. The second-order valence-corrected chi connectivity index (χ2v) is 2.98. The first kappa shape index (κ1) is 39.2. The Hall–Kier alpha value is -2.93. The summed E-state index contributed by atoms with van der Waals surface area (Å²) in [6.07, 6.45) is 5.05. The van der Waals surface area contributed by atoms with Gasteiger partial charge in [-0.15, -0.1) is 0 Å². The van der Waals surface area contributed by atoms with Crippen molar-refractivity contribution in [1.29, 1.82) is 5.26 Å². The third-order valence-corrected chi connectivity index (χ3v) is 1.09. The Balaban J connectivity index is -0.0000000512. The molecule has 0 saturated heterocycles. The quantitative estimate of drug-likeness (QED) is 0.272. The van der Waals surface area contributed by atoms with Gasteiger partial charge in [-0.3, -0.25) is 4.79 Å². The molecule has 0 spiro atoms. The monoisotopic (exact) mass is 391 g/mol. The van der Waals surface area contributed by atoms with Gasteiger partial charge in [0.2, 0.25) is 5.91 Å². The van der Waals surface area contributed by atoms with Crippen LogP contribution >= 0.6 is 0 Å². The van der Waals surface area contributed by atoms with Crippen molar-refractivity contribution in [2.24, 2.45) is 5.73 Å². The molecule has 0 aromatic heterocycles. The van der Waals surface area contributed by atoms with Crippen LogP contribution < -0.4 is 5.73 Å². The van der Waals surface area contributed by atoms with Gasteiger partial charge in [0.25, 0.3) is 0 Å². The maximum Gasteiger partial charge on any atom is 0.330 e. The number of carbonyl (C=O) groups excluding carboxylic acids is 2. The van der Waals surface area contributed by atoms with Crippen molar-refractivity contribution in [3.8, 4) is 6.07 Å². The number of hydrogen-bond donors (Lipinski definition) is 3. The van der Waals surface area contributed by atoms with Crippen molar-refractivity contribution in [2.75, 3.05) is 6.61 Å². The van der Waals surface area contributed by atoms with Crippen LogP contribution in [-0.4, -0.2) is 70.2 Å². The average molecular weight is 391 g/mol. The standard InChI is InChI=1S/C5H8O2.C3H5NO.C3H3N.2C3H4O2.Na/c1-3-5(6)7-4-2;1-2-3(4)5;1-2-3-4;2*1-2-3(4)5;/h3H,1,4H2,2H3;2H,1H2,(H2,4,5);2H,1H2;2*2H,1H2,(H,4,5);. The third-order valence-electron chi connectivity index (χ3n) is 1.09. The number of amides is 1. The minimum Gasteiger partial charge on any atom is -0.478 e. The number of nitrogens with two attached hydrogens (primary N) is 1. The molecule has 1 amide bonds. The summed E-state index contributed by atoms with van der Waals surface area (Å²) in [5.74, 6) is -2.80. The van der Waals surface area contributed by atoms with Crippen molar-refractivity contribution in [2.45, 2.75) is 6.92 Å². The number of primary amides is 1. The Kier molecular flexibility index (Phi) is 56.0. The molecule has 0 heterocycles. The molecule has 9 nitrogen and oxygen atoms in total. The summed E-state index contributed by atoms with van der Waals surface area (Å²) in [7, 11) is 0. The molecular formula is C17H24N2NaO7. The topological polar surface area (TPSA) is 168 Å². The predicted octanol–water partition coefficient (Wildman–Crippen LogP) is 1.22. The van der Waals surface area contributed by atoms with E-state index in [0.717, 1.165) is 24.3 Å². The molecule has 4 N–H and O–H groups in total. The molecule has 0 bridgehead atoms. The molecule has 145 valence electrons. The Morgan fingerprint density at radius 1 is 0.963 bits per heavy atom. The number of rotatable bonds is 5. The molecule has 0 aliphatic heterocycles. The molecule has 27 heavy (non-hydrogen) atoms. The van der Waals surface area contributed by atoms with E-state index in [2.05, 4.69) is 43.4 Å². The van der Waals surface area contributed by atoms with E-state index in [4.69, 9.17) is 15.5 Å². The van der Waals surface area contributed by atoms with E-state index in [9.17, 15) is 19.2 Å². The summed E-state index contributed by atoms with van der Waals surface area (Å²) in [6.45, 7) is 17.5. The maximum absolute atomic E-state index is 10.1. The van der Waals surface area contributed by atoms with E-state index in [1.54, 1.807) is 13.0 Å². The largest absolute Gasteiger partial charge is 0.478 e. The number of allylic oxidation sites excluding steroid dienone is 1. The van der Waals surface area contributed by atoms with Gasteiger partial charge in [-0.2, -0.15) is 5.26 Å². The maximum atomic E-state index is 10.1. The number of esters is 1. The number of nitriles is 1. The van der Waals surface area contributed by atoms with Crippen LogP contribution in [0.15, 0.2) is 63.3 Å². The second-order valence-electron chi connectivity index (χ2n) is 2.98. The van der Waals surface area contributed by atoms with Crippen LogP contribution in [0.4, 0.5) is 0 Å². The first-order valence-electron chi connectivity index (χ1n) is 6.46. The van der Waals surface area contributed by atoms with Crippen LogP contribution in [0.1, 0.15) is 6.92 Å². The van der Waals surface area contributed by atoms with E-state index in [1.165, 1.54) is 6.08 Å².